The van der Waals surface area contributed by atoms with Crippen LogP contribution in [0.15, 0.2) is 53.0 Å². The van der Waals surface area contributed by atoms with E-state index < -0.39 is 0 Å². The van der Waals surface area contributed by atoms with Gasteiger partial charge in [0.05, 0.1) is 28.6 Å². The Morgan fingerprint density at radius 2 is 2.04 bits per heavy atom. The number of ether oxygens (including phenoxy) is 1. The molecule has 6 nitrogen and oxygen atoms in total. The summed E-state index contributed by atoms with van der Waals surface area (Å²) in [6, 6.07) is 15.0. The minimum absolute atomic E-state index is 0.261. The molecule has 0 saturated heterocycles. The first-order chi connectivity index (χ1) is 13.0. The largest absolute Gasteiger partial charge is 0.497 e. The topological polar surface area (TPSA) is 69.0 Å². The first kappa shape index (κ1) is 17.7. The van der Waals surface area contributed by atoms with Gasteiger partial charge in [-0.05, 0) is 53.2 Å². The van der Waals surface area contributed by atoms with Crippen LogP contribution >= 0.6 is 27.3 Å². The molecule has 2 heterocycles. The molecule has 4 rings (SSSR count). The zero-order chi connectivity index (χ0) is 19.0. The maximum Gasteiger partial charge on any atom is 0.258 e. The molecule has 8 heteroatoms. The molecule has 0 fully saturated rings. The molecule has 0 saturated carbocycles. The lowest BCUT2D eigenvalue weighted by atomic mass is 10.2. The number of hydrogen-bond acceptors (Lipinski definition) is 5. The highest BCUT2D eigenvalue weighted by Gasteiger charge is 2.17. The Labute approximate surface area is 167 Å². The number of carbonyl (C=O) groups is 1. The summed E-state index contributed by atoms with van der Waals surface area (Å²) in [5.74, 6) is 0.911. The molecule has 136 valence electrons. The lowest BCUT2D eigenvalue weighted by molar-refractivity contribution is 0.102. The Hall–Kier alpha value is -2.71. The van der Waals surface area contributed by atoms with Crippen LogP contribution in [0.3, 0.4) is 0 Å². The van der Waals surface area contributed by atoms with Gasteiger partial charge < -0.3 is 10.1 Å². The average Bonchev–Trinajstić information content (AvgIpc) is 3.25. The number of halogens is 1. The fourth-order valence-corrected chi connectivity index (χ4v) is 4.03. The Morgan fingerprint density at radius 1 is 1.22 bits per heavy atom. The molecule has 0 aliphatic rings. The molecule has 0 atom stereocenters. The fourth-order valence-electron chi connectivity index (χ4n) is 2.67. The summed E-state index contributed by atoms with van der Waals surface area (Å²) in [6.07, 6.45) is 0. The Balaban J connectivity index is 1.70. The summed E-state index contributed by atoms with van der Waals surface area (Å²) in [7, 11) is 1.57. The molecular weight excluding hydrogens is 428 g/mol. The third-order valence-corrected chi connectivity index (χ3v) is 5.66. The van der Waals surface area contributed by atoms with Crippen molar-refractivity contribution in [3.63, 3.8) is 0 Å². The number of aryl methyl sites for hydroxylation is 1. The van der Waals surface area contributed by atoms with Crippen LogP contribution < -0.4 is 10.1 Å². The van der Waals surface area contributed by atoms with Gasteiger partial charge in [-0.25, -0.2) is 4.98 Å². The molecule has 0 radical (unpaired) electrons. The van der Waals surface area contributed by atoms with E-state index in [2.05, 4.69) is 31.3 Å². The number of anilines is 1. The number of aromatic nitrogens is 3. The molecular formula is C19H15BrN4O2S. The Bertz CT molecular complexity index is 1120. The van der Waals surface area contributed by atoms with Crippen molar-refractivity contribution in [3.05, 3.63) is 64.3 Å². The highest BCUT2D eigenvalue weighted by atomic mass is 79.9. The van der Waals surface area contributed by atoms with E-state index in [1.54, 1.807) is 30.0 Å². The number of carbonyl (C=O) groups excluding carboxylic acids is 1. The minimum atomic E-state index is -0.261. The van der Waals surface area contributed by atoms with Crippen molar-refractivity contribution in [1.29, 1.82) is 0 Å². The molecule has 1 N–H and O–H groups in total. The molecule has 0 aliphatic heterocycles. The number of nitrogens with zero attached hydrogens (tertiary/aromatic N) is 3. The summed E-state index contributed by atoms with van der Waals surface area (Å²) >= 11 is 4.94. The van der Waals surface area contributed by atoms with Crippen molar-refractivity contribution in [2.75, 3.05) is 12.4 Å². The summed E-state index contributed by atoms with van der Waals surface area (Å²) in [4.78, 5) is 17.4. The Kier molecular flexibility index (Phi) is 4.67. The molecule has 4 aromatic rings. The lowest BCUT2D eigenvalue weighted by Gasteiger charge is -2.09. The summed E-state index contributed by atoms with van der Waals surface area (Å²) in [6.45, 7) is 1.88. The first-order valence-electron chi connectivity index (χ1n) is 8.12. The molecule has 0 spiro atoms. The summed E-state index contributed by atoms with van der Waals surface area (Å²) < 4.78 is 8.62. The fraction of sp³-hybridized carbons (Fsp3) is 0.105. The van der Waals surface area contributed by atoms with Crippen LogP contribution in [0.4, 0.5) is 5.82 Å². The number of benzene rings is 2. The number of fused-ring (bicyclic) bond motifs is 1. The second-order valence-electron chi connectivity index (χ2n) is 5.85. The van der Waals surface area contributed by atoms with Crippen LogP contribution in [0, 0.1) is 6.92 Å². The number of rotatable bonds is 4. The zero-order valence-corrected chi connectivity index (χ0v) is 17.0. The second-order valence-corrected chi connectivity index (χ2v) is 7.71. The predicted molar refractivity (Wildman–Crippen MR) is 110 cm³/mol. The van der Waals surface area contributed by atoms with E-state index >= 15 is 0 Å². The van der Waals surface area contributed by atoms with Gasteiger partial charge in [-0.1, -0.05) is 23.5 Å². The van der Waals surface area contributed by atoms with Crippen molar-refractivity contribution >= 4 is 49.2 Å². The molecule has 2 aromatic heterocycles. The van der Waals surface area contributed by atoms with Gasteiger partial charge >= 0.3 is 0 Å². The Morgan fingerprint density at radius 3 is 2.81 bits per heavy atom. The molecule has 0 aliphatic carbocycles. The number of thiazole rings is 1. The average molecular weight is 443 g/mol. The van der Waals surface area contributed by atoms with E-state index in [0.29, 0.717) is 26.7 Å². The van der Waals surface area contributed by atoms with Gasteiger partial charge in [0.2, 0.25) is 5.13 Å². The van der Waals surface area contributed by atoms with Crippen LogP contribution in [0.25, 0.3) is 15.3 Å². The number of para-hydroxylation sites is 1. The maximum absolute atomic E-state index is 12.8. The number of nitrogens with one attached hydrogen (secondary N) is 1. The summed E-state index contributed by atoms with van der Waals surface area (Å²) in [5, 5.41) is 8.12. The van der Waals surface area contributed by atoms with Gasteiger partial charge in [-0.3, -0.25) is 4.79 Å². The van der Waals surface area contributed by atoms with E-state index in [1.807, 2.05) is 37.3 Å². The molecule has 0 unspecified atom stereocenters. The quantitative estimate of drug-likeness (QED) is 0.492. The molecule has 2 aromatic carbocycles. The van der Waals surface area contributed by atoms with Crippen LogP contribution in [0.5, 0.6) is 5.75 Å². The zero-order valence-electron chi connectivity index (χ0n) is 14.6. The van der Waals surface area contributed by atoms with Crippen molar-refractivity contribution in [1.82, 2.24) is 14.8 Å². The van der Waals surface area contributed by atoms with Gasteiger partial charge in [0, 0.05) is 10.5 Å². The van der Waals surface area contributed by atoms with Crippen molar-refractivity contribution in [3.8, 4) is 10.9 Å². The number of methoxy groups -OCH3 is 1. The highest BCUT2D eigenvalue weighted by Crippen LogP contribution is 2.28. The molecule has 1 amide bonds. The molecule has 0 bridgehead atoms. The summed E-state index contributed by atoms with van der Waals surface area (Å²) in [5.41, 5.74) is 2.16. The van der Waals surface area contributed by atoms with E-state index in [4.69, 9.17) is 4.74 Å². The highest BCUT2D eigenvalue weighted by molar-refractivity contribution is 9.10. The van der Waals surface area contributed by atoms with E-state index in [-0.39, 0.29) is 5.91 Å². The van der Waals surface area contributed by atoms with Crippen LogP contribution in [0.2, 0.25) is 0 Å². The van der Waals surface area contributed by atoms with Crippen LogP contribution in [0.1, 0.15) is 16.1 Å². The van der Waals surface area contributed by atoms with Gasteiger partial charge in [0.1, 0.15) is 11.6 Å². The van der Waals surface area contributed by atoms with Gasteiger partial charge in [0.15, 0.2) is 0 Å². The maximum atomic E-state index is 12.8. The third kappa shape index (κ3) is 3.45. The SMILES string of the molecule is COc1ccc(Br)c(C(=O)Nc2cc(C)nn2-c2nc3ccccc3s2)c1. The first-order valence-corrected chi connectivity index (χ1v) is 9.73. The van der Waals surface area contributed by atoms with Gasteiger partial charge in [0.25, 0.3) is 5.91 Å². The van der Waals surface area contributed by atoms with E-state index in [1.165, 1.54) is 11.3 Å². The number of amides is 1. The third-order valence-electron chi connectivity index (χ3n) is 3.96. The minimum Gasteiger partial charge on any atom is -0.497 e. The van der Waals surface area contributed by atoms with Gasteiger partial charge in [-0.2, -0.15) is 9.78 Å². The van der Waals surface area contributed by atoms with E-state index in [0.717, 1.165) is 15.9 Å². The van der Waals surface area contributed by atoms with Gasteiger partial charge in [-0.15, -0.1) is 0 Å². The van der Waals surface area contributed by atoms with E-state index in [9.17, 15) is 4.79 Å². The number of hydrogen-bond donors (Lipinski definition) is 1. The predicted octanol–water partition coefficient (Wildman–Crippen LogP) is 4.81. The smallest absolute Gasteiger partial charge is 0.258 e. The molecule has 27 heavy (non-hydrogen) atoms. The van der Waals surface area contributed by atoms with Crippen LogP contribution in [-0.4, -0.2) is 27.8 Å². The monoisotopic (exact) mass is 442 g/mol. The lowest BCUT2D eigenvalue weighted by Crippen LogP contribution is -2.15. The normalized spacial score (nSPS) is 10.9. The van der Waals surface area contributed by atoms with Crippen molar-refractivity contribution in [2.45, 2.75) is 6.92 Å². The van der Waals surface area contributed by atoms with Crippen LogP contribution in [-0.2, 0) is 0 Å². The standard InChI is InChI=1S/C19H15BrN4O2S/c1-11-9-17(22-18(25)13-10-12(26-2)7-8-14(13)20)24(23-11)19-21-15-5-3-4-6-16(15)27-19/h3-10H,1-2H3,(H,22,25). The second kappa shape index (κ2) is 7.13. The van der Waals surface area contributed by atoms with Crippen molar-refractivity contribution in [2.24, 2.45) is 0 Å². The van der Waals surface area contributed by atoms with Crippen molar-refractivity contribution < 1.29 is 9.53 Å².